The molecule has 2 heterocycles. The third-order valence-electron chi connectivity index (χ3n) is 3.12. The molecule has 2 N–H and O–H groups in total. The van der Waals surface area contributed by atoms with Crippen LogP contribution in [0.2, 0.25) is 0 Å². The van der Waals surface area contributed by atoms with Crippen LogP contribution in [0.4, 0.5) is 0 Å². The Morgan fingerprint density at radius 2 is 1.84 bits per heavy atom. The fourth-order valence-corrected chi connectivity index (χ4v) is 1.84. The lowest BCUT2D eigenvalue weighted by molar-refractivity contribution is 0.0420. The van der Waals surface area contributed by atoms with Gasteiger partial charge in [-0.15, -0.1) is 0 Å². The number of nitrogens with one attached hydrogen (secondary N) is 1. The van der Waals surface area contributed by atoms with Crippen molar-refractivity contribution in [1.82, 2.24) is 15.3 Å². The lowest BCUT2D eigenvalue weighted by atomic mass is 9.92. The highest BCUT2D eigenvalue weighted by molar-refractivity contribution is 5.93. The van der Waals surface area contributed by atoms with Crippen LogP contribution in [-0.4, -0.2) is 45.7 Å². The van der Waals surface area contributed by atoms with Crippen LogP contribution in [0.1, 0.15) is 40.7 Å². The summed E-state index contributed by atoms with van der Waals surface area (Å²) >= 11 is 0. The maximum Gasteiger partial charge on any atom is 0.356 e. The average molecular weight is 265 g/mol. The van der Waals surface area contributed by atoms with E-state index >= 15 is 0 Å². The molecular weight excluding hydrogens is 250 g/mol. The van der Waals surface area contributed by atoms with Gasteiger partial charge in [-0.25, -0.2) is 14.8 Å². The SMILES string of the molecule is CC1(NC(=O)c2cnc(C(=O)O)cn2)CCOCC1. The summed E-state index contributed by atoms with van der Waals surface area (Å²) in [5, 5.41) is 11.6. The van der Waals surface area contributed by atoms with Gasteiger partial charge in [-0.05, 0) is 19.8 Å². The Morgan fingerprint density at radius 1 is 1.26 bits per heavy atom. The second-order valence-electron chi connectivity index (χ2n) is 4.72. The lowest BCUT2D eigenvalue weighted by Gasteiger charge is -2.34. The molecule has 0 aromatic carbocycles. The number of carboxylic acids is 1. The summed E-state index contributed by atoms with van der Waals surface area (Å²) in [5.74, 6) is -1.52. The van der Waals surface area contributed by atoms with Crippen LogP contribution < -0.4 is 5.32 Å². The Labute approximate surface area is 110 Å². The number of carbonyl (C=O) groups is 2. The molecule has 0 bridgehead atoms. The van der Waals surface area contributed by atoms with Gasteiger partial charge in [0.05, 0.1) is 12.4 Å². The van der Waals surface area contributed by atoms with Gasteiger partial charge < -0.3 is 15.2 Å². The minimum Gasteiger partial charge on any atom is -0.476 e. The Balaban J connectivity index is 2.05. The van der Waals surface area contributed by atoms with Gasteiger partial charge in [-0.1, -0.05) is 0 Å². The third-order valence-corrected chi connectivity index (χ3v) is 3.12. The zero-order chi connectivity index (χ0) is 13.9. The number of rotatable bonds is 3. The Kier molecular flexibility index (Phi) is 3.75. The molecule has 0 radical (unpaired) electrons. The van der Waals surface area contributed by atoms with Crippen LogP contribution in [0.25, 0.3) is 0 Å². The number of carbonyl (C=O) groups excluding carboxylic acids is 1. The molecule has 7 nitrogen and oxygen atoms in total. The molecule has 1 aliphatic heterocycles. The van der Waals surface area contributed by atoms with Crippen LogP contribution >= 0.6 is 0 Å². The Bertz CT molecular complexity index is 480. The Hall–Kier alpha value is -2.02. The van der Waals surface area contributed by atoms with Crippen molar-refractivity contribution in [2.75, 3.05) is 13.2 Å². The van der Waals surface area contributed by atoms with Crippen molar-refractivity contribution in [3.8, 4) is 0 Å². The molecule has 1 aromatic rings. The molecule has 1 saturated heterocycles. The quantitative estimate of drug-likeness (QED) is 0.824. The van der Waals surface area contributed by atoms with Crippen LogP contribution in [0.3, 0.4) is 0 Å². The molecule has 0 atom stereocenters. The molecule has 1 fully saturated rings. The first-order chi connectivity index (χ1) is 9.00. The number of ether oxygens (including phenoxy) is 1. The maximum atomic E-state index is 12.0. The highest BCUT2D eigenvalue weighted by Gasteiger charge is 2.29. The van der Waals surface area contributed by atoms with E-state index in [-0.39, 0.29) is 22.8 Å². The summed E-state index contributed by atoms with van der Waals surface area (Å²) in [5.41, 5.74) is -0.394. The average Bonchev–Trinajstić information content (AvgIpc) is 2.39. The second-order valence-corrected chi connectivity index (χ2v) is 4.72. The predicted molar refractivity (Wildman–Crippen MR) is 64.9 cm³/mol. The first kappa shape index (κ1) is 13.4. The fraction of sp³-hybridized carbons (Fsp3) is 0.500. The molecule has 1 amide bonds. The Morgan fingerprint density at radius 3 is 2.37 bits per heavy atom. The zero-order valence-electron chi connectivity index (χ0n) is 10.5. The monoisotopic (exact) mass is 265 g/mol. The van der Waals surface area contributed by atoms with E-state index in [1.54, 1.807) is 0 Å². The minimum absolute atomic E-state index is 0.109. The topological polar surface area (TPSA) is 101 Å². The molecule has 0 spiro atoms. The van der Waals surface area contributed by atoms with Gasteiger partial charge >= 0.3 is 5.97 Å². The number of nitrogens with zero attached hydrogens (tertiary/aromatic N) is 2. The van der Waals surface area contributed by atoms with Crippen molar-refractivity contribution in [2.24, 2.45) is 0 Å². The molecule has 0 aliphatic carbocycles. The molecule has 1 aliphatic rings. The van der Waals surface area contributed by atoms with E-state index in [9.17, 15) is 9.59 Å². The normalized spacial score (nSPS) is 17.7. The molecule has 19 heavy (non-hydrogen) atoms. The summed E-state index contributed by atoms with van der Waals surface area (Å²) in [6.45, 7) is 3.17. The third kappa shape index (κ3) is 3.25. The molecule has 2 rings (SSSR count). The highest BCUT2D eigenvalue weighted by atomic mass is 16.5. The fourth-order valence-electron chi connectivity index (χ4n) is 1.84. The molecule has 7 heteroatoms. The maximum absolute atomic E-state index is 12.0. The highest BCUT2D eigenvalue weighted by Crippen LogP contribution is 2.20. The van der Waals surface area contributed by atoms with Crippen molar-refractivity contribution in [3.63, 3.8) is 0 Å². The first-order valence-corrected chi connectivity index (χ1v) is 5.96. The van der Waals surface area contributed by atoms with Gasteiger partial charge in [0.1, 0.15) is 5.69 Å². The summed E-state index contributed by atoms with van der Waals surface area (Å²) in [7, 11) is 0. The van der Waals surface area contributed by atoms with Gasteiger partial charge in [-0.3, -0.25) is 4.79 Å². The number of aromatic nitrogens is 2. The van der Waals surface area contributed by atoms with Crippen molar-refractivity contribution in [3.05, 3.63) is 23.8 Å². The first-order valence-electron chi connectivity index (χ1n) is 5.96. The van der Waals surface area contributed by atoms with Crippen LogP contribution in [-0.2, 0) is 4.74 Å². The minimum atomic E-state index is -1.17. The smallest absolute Gasteiger partial charge is 0.356 e. The van der Waals surface area contributed by atoms with Gasteiger partial charge in [0.25, 0.3) is 5.91 Å². The summed E-state index contributed by atoms with van der Waals surface area (Å²) < 4.78 is 5.25. The molecular formula is C12H15N3O4. The number of aromatic carboxylic acids is 1. The van der Waals surface area contributed by atoms with E-state index in [4.69, 9.17) is 9.84 Å². The van der Waals surface area contributed by atoms with Crippen LogP contribution in [0.5, 0.6) is 0 Å². The second kappa shape index (κ2) is 5.31. The lowest BCUT2D eigenvalue weighted by Crippen LogP contribution is -2.49. The van der Waals surface area contributed by atoms with Crippen LogP contribution in [0.15, 0.2) is 12.4 Å². The summed E-state index contributed by atoms with van der Waals surface area (Å²) in [6.07, 6.45) is 3.71. The zero-order valence-corrected chi connectivity index (χ0v) is 10.5. The molecule has 102 valence electrons. The number of carboxylic acid groups (broad SMARTS) is 1. The molecule has 0 unspecified atom stereocenters. The van der Waals surface area contributed by atoms with Gasteiger partial charge in [0, 0.05) is 18.8 Å². The number of hydrogen-bond acceptors (Lipinski definition) is 5. The molecule has 1 aromatic heterocycles. The van der Waals surface area contributed by atoms with E-state index in [0.29, 0.717) is 13.2 Å². The van der Waals surface area contributed by atoms with E-state index in [1.807, 2.05) is 6.92 Å². The number of hydrogen-bond donors (Lipinski definition) is 2. The predicted octanol–water partition coefficient (Wildman–Crippen LogP) is 0.474. The van der Waals surface area contributed by atoms with Gasteiger partial charge in [-0.2, -0.15) is 0 Å². The van der Waals surface area contributed by atoms with Gasteiger partial charge in [0.2, 0.25) is 0 Å². The van der Waals surface area contributed by atoms with Crippen LogP contribution in [0, 0.1) is 0 Å². The number of amides is 1. The van der Waals surface area contributed by atoms with Crippen molar-refractivity contribution in [2.45, 2.75) is 25.3 Å². The largest absolute Gasteiger partial charge is 0.476 e. The summed E-state index contributed by atoms with van der Waals surface area (Å²) in [4.78, 5) is 30.1. The van der Waals surface area contributed by atoms with Crippen molar-refractivity contribution in [1.29, 1.82) is 0 Å². The standard InChI is InChI=1S/C12H15N3O4/c1-12(2-4-19-5-3-12)15-10(16)8-6-14-9(7-13-8)11(17)18/h6-7H,2-5H2,1H3,(H,15,16)(H,17,18). The molecule has 0 saturated carbocycles. The van der Waals surface area contributed by atoms with E-state index in [1.165, 1.54) is 6.20 Å². The van der Waals surface area contributed by atoms with Gasteiger partial charge in [0.15, 0.2) is 5.69 Å². The van der Waals surface area contributed by atoms with E-state index in [0.717, 1.165) is 19.0 Å². The van der Waals surface area contributed by atoms with Crippen molar-refractivity contribution >= 4 is 11.9 Å². The van der Waals surface area contributed by atoms with E-state index in [2.05, 4.69) is 15.3 Å². The summed E-state index contributed by atoms with van der Waals surface area (Å²) in [6, 6.07) is 0. The van der Waals surface area contributed by atoms with E-state index < -0.39 is 5.97 Å². The van der Waals surface area contributed by atoms with Crippen molar-refractivity contribution < 1.29 is 19.4 Å².